The van der Waals surface area contributed by atoms with Crippen LogP contribution in [0.3, 0.4) is 0 Å². The van der Waals surface area contributed by atoms with Gasteiger partial charge < -0.3 is 134 Å². The molecule has 1 unspecified atom stereocenters. The number of ether oxygens (including phenoxy) is 8. The quantitative estimate of drug-likeness (QED) is 0.0503. The Labute approximate surface area is 431 Å². The van der Waals surface area contributed by atoms with Crippen molar-refractivity contribution in [2.75, 3.05) is 50.9 Å². The summed E-state index contributed by atoms with van der Waals surface area (Å²) in [5, 5.41) is 108. The van der Waals surface area contributed by atoms with Gasteiger partial charge in [0, 0.05) is 55.3 Å². The summed E-state index contributed by atoms with van der Waals surface area (Å²) in [5.41, 5.74) is 35.8. The second-order valence-corrected chi connectivity index (χ2v) is 21.6. The fraction of sp³-hybridized carbons (Fsp3) is 0.930. The Morgan fingerprint density at radius 1 is 0.676 bits per heavy atom. The molecule has 31 heteroatoms. The standard InChI is InChI=1S/C43H79N9O21S/c1-43(2,3)52-22(54)10-17(51(42(52)65)6-4-7-66-40-32(62)31(61)28(58)20(13-53)69-40)37(64)50-5-8-74-14-21-35(72-39-24(49)30(60)27(57)19(12-45)68-39)33(63)41(70-21)73-36-25(55)15(46)9-16(47)34(36)71-38-23(48)29(59)26(56)18(11-44)67-38/h15-21,23-36,38-41,53,55-63H,4-14,44-49H2,1-3H3,(H,50,64)/t15-,16+,17?,18-,19+,20-,21-,23-,24-,25+,26-,27-,28-,29-,30-,31+,32-,33-,34-,35-,36-,38-,39-,40+,41+/m1/s1. The van der Waals surface area contributed by atoms with Crippen molar-refractivity contribution < 1.29 is 103 Å². The molecule has 5 saturated heterocycles. The maximum Gasteiger partial charge on any atom is 0.327 e. The number of hydrogen-bond acceptors (Lipinski definition) is 28. The number of amides is 4. The van der Waals surface area contributed by atoms with Crippen molar-refractivity contribution in [2.24, 2.45) is 34.4 Å². The third-order valence-electron chi connectivity index (χ3n) is 14.1. The van der Waals surface area contributed by atoms with E-state index < -0.39 is 183 Å². The molecule has 0 radical (unpaired) electrons. The van der Waals surface area contributed by atoms with Crippen LogP contribution in [0.15, 0.2) is 0 Å². The Bertz CT molecular complexity index is 1840. The number of urea groups is 1. The van der Waals surface area contributed by atoms with Crippen LogP contribution in [0.4, 0.5) is 4.79 Å². The van der Waals surface area contributed by atoms with Crippen LogP contribution in [0.1, 0.15) is 40.0 Å². The molecule has 428 valence electrons. The molecule has 23 N–H and O–H groups in total. The molecular formula is C43H79N9O21S. The van der Waals surface area contributed by atoms with Crippen LogP contribution < -0.4 is 39.7 Å². The van der Waals surface area contributed by atoms with Crippen LogP contribution in [-0.4, -0.2) is 288 Å². The van der Waals surface area contributed by atoms with Gasteiger partial charge in [-0.2, -0.15) is 11.8 Å². The van der Waals surface area contributed by atoms with E-state index in [9.17, 15) is 65.4 Å². The molecule has 6 fully saturated rings. The Balaban J connectivity index is 1.12. The lowest BCUT2D eigenvalue weighted by molar-refractivity contribution is -0.306. The first kappa shape index (κ1) is 61.0. The number of nitrogens with zero attached hydrogens (tertiary/aromatic N) is 2. The molecule has 30 nitrogen and oxygen atoms in total. The molecule has 1 aliphatic carbocycles. The zero-order valence-electron chi connectivity index (χ0n) is 41.4. The Hall–Kier alpha value is -2.20. The molecule has 0 bridgehead atoms. The van der Waals surface area contributed by atoms with E-state index in [4.69, 9.17) is 72.3 Å². The zero-order valence-corrected chi connectivity index (χ0v) is 42.3. The van der Waals surface area contributed by atoms with Gasteiger partial charge in [-0.15, -0.1) is 0 Å². The van der Waals surface area contributed by atoms with Gasteiger partial charge in [0.25, 0.3) is 0 Å². The molecule has 6 aliphatic rings. The summed E-state index contributed by atoms with van der Waals surface area (Å²) in [5.74, 6) is -1.04. The summed E-state index contributed by atoms with van der Waals surface area (Å²) >= 11 is 1.21. The summed E-state index contributed by atoms with van der Waals surface area (Å²) in [4.78, 5) is 43.3. The highest BCUT2D eigenvalue weighted by Gasteiger charge is 2.55. The van der Waals surface area contributed by atoms with E-state index in [2.05, 4.69) is 5.32 Å². The number of hydrogen-bond donors (Lipinski definition) is 17. The number of rotatable bonds is 20. The second kappa shape index (κ2) is 26.2. The minimum atomic E-state index is -1.69. The lowest BCUT2D eigenvalue weighted by Crippen LogP contribution is -2.68. The lowest BCUT2D eigenvalue weighted by atomic mass is 9.84. The van der Waals surface area contributed by atoms with Crippen molar-refractivity contribution in [3.63, 3.8) is 0 Å². The summed E-state index contributed by atoms with van der Waals surface area (Å²) in [6.45, 7) is 3.60. The number of thioether (sulfide) groups is 1. The van der Waals surface area contributed by atoms with E-state index in [0.717, 1.165) is 4.90 Å². The van der Waals surface area contributed by atoms with Gasteiger partial charge in [0.1, 0.15) is 91.5 Å². The number of nitrogens with two attached hydrogens (primary N) is 6. The maximum atomic E-state index is 13.9. The number of carbonyl (C=O) groups excluding carboxylic acids is 3. The second-order valence-electron chi connectivity index (χ2n) is 20.4. The molecule has 0 spiro atoms. The average molecular weight is 1090 g/mol. The van der Waals surface area contributed by atoms with E-state index in [1.54, 1.807) is 20.8 Å². The van der Waals surface area contributed by atoms with Gasteiger partial charge in [0.2, 0.25) is 11.8 Å². The highest BCUT2D eigenvalue weighted by Crippen LogP contribution is 2.36. The molecule has 1 saturated carbocycles. The van der Waals surface area contributed by atoms with Crippen molar-refractivity contribution in [3.8, 4) is 0 Å². The van der Waals surface area contributed by atoms with E-state index in [0.29, 0.717) is 0 Å². The molecule has 5 aliphatic heterocycles. The number of aliphatic hydroxyl groups is 10. The molecule has 25 atom stereocenters. The van der Waals surface area contributed by atoms with Gasteiger partial charge in [-0.25, -0.2) is 4.79 Å². The van der Waals surface area contributed by atoms with E-state index in [1.807, 2.05) is 0 Å². The van der Waals surface area contributed by atoms with Crippen LogP contribution >= 0.6 is 11.8 Å². The van der Waals surface area contributed by atoms with Crippen molar-refractivity contribution in [1.29, 1.82) is 0 Å². The Kier molecular flexibility index (Phi) is 21.6. The maximum absolute atomic E-state index is 13.9. The number of imide groups is 1. The highest BCUT2D eigenvalue weighted by atomic mass is 32.2. The van der Waals surface area contributed by atoms with Gasteiger partial charge in [0.05, 0.1) is 43.9 Å². The molecule has 0 aromatic heterocycles. The average Bonchev–Trinajstić information content (AvgIpc) is 3.64. The molecule has 74 heavy (non-hydrogen) atoms. The topological polar surface area (TPSA) is 502 Å². The van der Waals surface area contributed by atoms with Crippen LogP contribution in [-0.2, 0) is 47.5 Å². The largest absolute Gasteiger partial charge is 0.394 e. The molecular weight excluding hydrogens is 1010 g/mol. The summed E-state index contributed by atoms with van der Waals surface area (Å²) in [7, 11) is 0. The van der Waals surface area contributed by atoms with Gasteiger partial charge in [-0.3, -0.25) is 14.5 Å². The zero-order chi connectivity index (χ0) is 54.7. The van der Waals surface area contributed by atoms with Gasteiger partial charge >= 0.3 is 6.03 Å². The molecule has 0 aromatic rings. The van der Waals surface area contributed by atoms with Gasteiger partial charge in [-0.05, 0) is 33.6 Å². The predicted octanol–water partition coefficient (Wildman–Crippen LogP) is -10.0. The van der Waals surface area contributed by atoms with Gasteiger partial charge in [-0.1, -0.05) is 0 Å². The Morgan fingerprint density at radius 3 is 1.78 bits per heavy atom. The highest BCUT2D eigenvalue weighted by molar-refractivity contribution is 7.99. The van der Waals surface area contributed by atoms with Crippen LogP contribution in [0.5, 0.6) is 0 Å². The smallest absolute Gasteiger partial charge is 0.327 e. The molecule has 4 amide bonds. The van der Waals surface area contributed by atoms with Crippen molar-refractivity contribution in [1.82, 2.24) is 15.1 Å². The third kappa shape index (κ3) is 13.4. The third-order valence-corrected chi connectivity index (χ3v) is 15.2. The monoisotopic (exact) mass is 1090 g/mol. The first-order valence-electron chi connectivity index (χ1n) is 24.7. The molecule has 0 aromatic carbocycles. The van der Waals surface area contributed by atoms with E-state index in [-0.39, 0.29) is 63.6 Å². The predicted molar refractivity (Wildman–Crippen MR) is 253 cm³/mol. The summed E-state index contributed by atoms with van der Waals surface area (Å²) < 4.78 is 47.4. The lowest BCUT2D eigenvalue weighted by Gasteiger charge is -2.47. The van der Waals surface area contributed by atoms with Crippen molar-refractivity contribution in [2.45, 2.75) is 199 Å². The molecule has 6 rings (SSSR count). The van der Waals surface area contributed by atoms with E-state index >= 15 is 0 Å². The fourth-order valence-electron chi connectivity index (χ4n) is 9.82. The van der Waals surface area contributed by atoms with Crippen LogP contribution in [0.25, 0.3) is 0 Å². The minimum absolute atomic E-state index is 0.00972. The summed E-state index contributed by atoms with van der Waals surface area (Å²) in [6.07, 6.45) is -28.8. The number of carbonyl (C=O) groups is 3. The van der Waals surface area contributed by atoms with Crippen molar-refractivity contribution >= 4 is 29.6 Å². The fourth-order valence-corrected chi connectivity index (χ4v) is 10.7. The van der Waals surface area contributed by atoms with Crippen LogP contribution in [0.2, 0.25) is 0 Å². The van der Waals surface area contributed by atoms with Crippen molar-refractivity contribution in [3.05, 3.63) is 0 Å². The normalized spacial score (nSPS) is 44.5. The van der Waals surface area contributed by atoms with E-state index in [1.165, 1.54) is 16.7 Å². The first-order chi connectivity index (χ1) is 34.9. The number of nitrogens with one attached hydrogen (secondary N) is 1. The summed E-state index contributed by atoms with van der Waals surface area (Å²) in [6, 6.07) is -6.52. The minimum Gasteiger partial charge on any atom is -0.394 e. The van der Waals surface area contributed by atoms with Gasteiger partial charge in [0.15, 0.2) is 25.2 Å². The first-order valence-corrected chi connectivity index (χ1v) is 25.9. The van der Waals surface area contributed by atoms with Crippen LogP contribution in [0, 0.1) is 0 Å². The molecule has 5 heterocycles. The number of aliphatic hydroxyl groups excluding tert-OH is 10. The Morgan fingerprint density at radius 2 is 1.22 bits per heavy atom. The SMILES string of the molecule is CC(C)(C)N1C(=O)CC(C(=O)NCCSC[C@H]2O[C@@H](O[C@@H]3[C@@H](O)[C@H](N)C[C@H](N)[C@H]3O[C@H]3O[C@H](CN)[C@@H](O)[C@H](O)[C@H]3N)[C@H](O)[C@@H]2O[C@H]2O[C@@H](CN)[C@@H](O)[C@H](O)[C@H]2N)N(CCCO[C@H]2O[C@H](CO)[C@@H](O)[C@H](O)[C@H]2O)C1=O.